The van der Waals surface area contributed by atoms with Crippen molar-refractivity contribution in [2.75, 3.05) is 39.3 Å². The van der Waals surface area contributed by atoms with E-state index in [-0.39, 0.29) is 29.4 Å². The van der Waals surface area contributed by atoms with Crippen LogP contribution in [-0.2, 0) is 14.8 Å². The van der Waals surface area contributed by atoms with Crippen LogP contribution in [0.5, 0.6) is 0 Å². The molecule has 1 N–H and O–H groups in total. The summed E-state index contributed by atoms with van der Waals surface area (Å²) in [5, 5.41) is 1.87. The number of nitrogens with zero attached hydrogens (tertiary/aromatic N) is 2. The first kappa shape index (κ1) is 21.9. The molecule has 0 aliphatic carbocycles. The number of ether oxygens (including phenoxy) is 1. The van der Waals surface area contributed by atoms with Gasteiger partial charge in [-0.25, -0.2) is 13.1 Å². The van der Waals surface area contributed by atoms with Crippen molar-refractivity contribution in [2.24, 2.45) is 0 Å². The Bertz CT molecular complexity index is 1010. The van der Waals surface area contributed by atoms with Gasteiger partial charge in [0.25, 0.3) is 11.8 Å². The third-order valence-electron chi connectivity index (χ3n) is 5.52. The number of amides is 2. The Labute approximate surface area is 185 Å². The molecule has 2 aliphatic heterocycles. The molecule has 31 heavy (non-hydrogen) atoms. The van der Waals surface area contributed by atoms with Gasteiger partial charge in [0.2, 0.25) is 10.0 Å². The van der Waals surface area contributed by atoms with Gasteiger partial charge < -0.3 is 14.5 Å². The number of benzene rings is 1. The summed E-state index contributed by atoms with van der Waals surface area (Å²) in [5.74, 6) is -0.174. The van der Waals surface area contributed by atoms with Crippen LogP contribution in [0.2, 0.25) is 0 Å². The van der Waals surface area contributed by atoms with E-state index >= 15 is 0 Å². The van der Waals surface area contributed by atoms with Gasteiger partial charge in [-0.1, -0.05) is 6.07 Å². The van der Waals surface area contributed by atoms with Crippen molar-refractivity contribution in [3.05, 3.63) is 52.2 Å². The number of rotatable bonds is 6. The highest BCUT2D eigenvalue weighted by atomic mass is 32.2. The van der Waals surface area contributed by atoms with Crippen LogP contribution in [-0.4, -0.2) is 75.5 Å². The summed E-state index contributed by atoms with van der Waals surface area (Å²) in [4.78, 5) is 29.5. The van der Waals surface area contributed by atoms with Crippen molar-refractivity contribution in [3.8, 4) is 0 Å². The summed E-state index contributed by atoms with van der Waals surface area (Å²) in [6.45, 7) is 2.75. The highest BCUT2D eigenvalue weighted by Crippen LogP contribution is 2.17. The number of thiophene rings is 1. The third-order valence-corrected chi connectivity index (χ3v) is 7.82. The van der Waals surface area contributed by atoms with Crippen LogP contribution in [0.4, 0.5) is 0 Å². The van der Waals surface area contributed by atoms with E-state index in [1.807, 2.05) is 11.4 Å². The predicted molar refractivity (Wildman–Crippen MR) is 117 cm³/mol. The summed E-state index contributed by atoms with van der Waals surface area (Å²) in [6.07, 6.45) is 1.71. The Hall–Kier alpha value is -2.27. The lowest BCUT2D eigenvalue weighted by Crippen LogP contribution is -2.50. The maximum Gasteiger partial charge on any atom is 0.264 e. The van der Waals surface area contributed by atoms with Crippen LogP contribution in [0.25, 0.3) is 0 Å². The fraction of sp³-hybridized carbons (Fsp3) is 0.429. The second-order valence-electron chi connectivity index (χ2n) is 7.57. The van der Waals surface area contributed by atoms with Crippen LogP contribution in [0.3, 0.4) is 0 Å². The lowest BCUT2D eigenvalue weighted by atomic mass is 10.2. The molecule has 2 aromatic rings. The summed E-state index contributed by atoms with van der Waals surface area (Å²) < 4.78 is 33.0. The fourth-order valence-corrected chi connectivity index (χ4v) is 5.48. The summed E-state index contributed by atoms with van der Waals surface area (Å²) in [6, 6.07) is 9.61. The zero-order valence-electron chi connectivity index (χ0n) is 17.0. The first-order valence-electron chi connectivity index (χ1n) is 10.3. The van der Waals surface area contributed by atoms with E-state index in [9.17, 15) is 18.0 Å². The number of nitrogens with one attached hydrogen (secondary N) is 1. The molecule has 8 nitrogen and oxygen atoms in total. The summed E-state index contributed by atoms with van der Waals surface area (Å²) >= 11 is 1.41. The average Bonchev–Trinajstić information content (AvgIpc) is 3.51. The molecule has 2 fully saturated rings. The van der Waals surface area contributed by atoms with Crippen molar-refractivity contribution in [2.45, 2.75) is 23.8 Å². The van der Waals surface area contributed by atoms with Gasteiger partial charge in [-0.2, -0.15) is 0 Å². The molecule has 10 heteroatoms. The van der Waals surface area contributed by atoms with Crippen LogP contribution < -0.4 is 4.72 Å². The van der Waals surface area contributed by atoms with Gasteiger partial charge in [0.05, 0.1) is 15.9 Å². The maximum atomic E-state index is 12.8. The van der Waals surface area contributed by atoms with Crippen molar-refractivity contribution in [1.82, 2.24) is 14.5 Å². The summed E-state index contributed by atoms with van der Waals surface area (Å²) in [7, 11) is -3.65. The number of hydrogen-bond acceptors (Lipinski definition) is 6. The second kappa shape index (κ2) is 9.47. The minimum absolute atomic E-state index is 0.00726. The smallest absolute Gasteiger partial charge is 0.264 e. The first-order chi connectivity index (χ1) is 14.9. The predicted octanol–water partition coefficient (Wildman–Crippen LogP) is 1.80. The normalized spacial score (nSPS) is 19.5. The molecule has 166 valence electrons. The molecule has 0 saturated carbocycles. The minimum Gasteiger partial charge on any atom is -0.377 e. The van der Waals surface area contributed by atoms with Crippen LogP contribution in [0.1, 0.15) is 32.9 Å². The number of sulfonamides is 1. The van der Waals surface area contributed by atoms with E-state index in [0.717, 1.165) is 12.8 Å². The zero-order chi connectivity index (χ0) is 21.8. The molecule has 2 saturated heterocycles. The Balaban J connectivity index is 1.32. The van der Waals surface area contributed by atoms with Crippen LogP contribution in [0, 0.1) is 0 Å². The Morgan fingerprint density at radius 3 is 2.29 bits per heavy atom. The van der Waals surface area contributed by atoms with E-state index in [2.05, 4.69) is 4.72 Å². The molecule has 0 spiro atoms. The Morgan fingerprint density at radius 1 is 1.03 bits per heavy atom. The lowest BCUT2D eigenvalue weighted by Gasteiger charge is -2.34. The van der Waals surface area contributed by atoms with Gasteiger partial charge in [-0.15, -0.1) is 11.3 Å². The quantitative estimate of drug-likeness (QED) is 0.705. The summed E-state index contributed by atoms with van der Waals surface area (Å²) in [5.41, 5.74) is 0.427. The fourth-order valence-electron chi connectivity index (χ4n) is 3.72. The third kappa shape index (κ3) is 5.15. The molecule has 3 heterocycles. The largest absolute Gasteiger partial charge is 0.377 e. The molecule has 0 unspecified atom stereocenters. The number of hydrogen-bond donors (Lipinski definition) is 1. The van der Waals surface area contributed by atoms with Gasteiger partial charge in [-0.05, 0) is 48.6 Å². The molecule has 1 aromatic heterocycles. The van der Waals surface area contributed by atoms with Crippen LogP contribution in [0.15, 0.2) is 46.7 Å². The van der Waals surface area contributed by atoms with E-state index in [4.69, 9.17) is 4.74 Å². The van der Waals surface area contributed by atoms with E-state index < -0.39 is 10.0 Å². The maximum absolute atomic E-state index is 12.8. The van der Waals surface area contributed by atoms with E-state index in [1.165, 1.54) is 35.6 Å². The van der Waals surface area contributed by atoms with Gasteiger partial charge in [0.1, 0.15) is 0 Å². The lowest BCUT2D eigenvalue weighted by molar-refractivity contribution is 0.0538. The molecule has 0 bridgehead atoms. The monoisotopic (exact) mass is 463 g/mol. The van der Waals surface area contributed by atoms with Gasteiger partial charge in [0.15, 0.2) is 0 Å². The van der Waals surface area contributed by atoms with Crippen molar-refractivity contribution in [3.63, 3.8) is 0 Å². The van der Waals surface area contributed by atoms with Crippen molar-refractivity contribution >= 4 is 33.2 Å². The molecular weight excluding hydrogens is 438 g/mol. The van der Waals surface area contributed by atoms with Crippen molar-refractivity contribution in [1.29, 1.82) is 0 Å². The molecule has 1 atom stereocenters. The highest BCUT2D eigenvalue weighted by Gasteiger charge is 2.26. The molecule has 2 aliphatic rings. The SMILES string of the molecule is O=C(c1ccc(S(=O)(=O)NC[C@H]2CCCO2)cc1)N1CCN(C(=O)c2cccs2)CC1. The molecular formula is C21H25N3O5S2. The Kier molecular flexibility index (Phi) is 6.71. The number of carbonyl (C=O) groups is 2. The standard InChI is InChI=1S/C21H25N3O5S2/c25-20(23-9-11-24(12-10-23)21(26)19-4-2-14-30-19)16-5-7-18(8-6-16)31(27,28)22-15-17-3-1-13-29-17/h2,4-8,14,17,22H,1,3,9-13,15H2/t17-/m1/s1. The van der Waals surface area contributed by atoms with Gasteiger partial charge >= 0.3 is 0 Å². The van der Waals surface area contributed by atoms with E-state index in [0.29, 0.717) is 43.2 Å². The van der Waals surface area contributed by atoms with Crippen molar-refractivity contribution < 1.29 is 22.7 Å². The topological polar surface area (TPSA) is 96.0 Å². The first-order valence-corrected chi connectivity index (χ1v) is 12.6. The zero-order valence-corrected chi connectivity index (χ0v) is 18.7. The molecule has 0 radical (unpaired) electrons. The molecule has 2 amide bonds. The number of piperazine rings is 1. The van der Waals surface area contributed by atoms with Crippen LogP contribution >= 0.6 is 11.3 Å². The average molecular weight is 464 g/mol. The Morgan fingerprint density at radius 2 is 1.71 bits per heavy atom. The van der Waals surface area contributed by atoms with E-state index in [1.54, 1.807) is 15.9 Å². The van der Waals surface area contributed by atoms with Gasteiger partial charge in [0, 0.05) is 44.9 Å². The van der Waals surface area contributed by atoms with Gasteiger partial charge in [-0.3, -0.25) is 9.59 Å². The molecule has 4 rings (SSSR count). The second-order valence-corrected chi connectivity index (χ2v) is 10.3. The number of carbonyl (C=O) groups excluding carboxylic acids is 2. The highest BCUT2D eigenvalue weighted by molar-refractivity contribution is 7.89. The molecule has 1 aromatic carbocycles. The minimum atomic E-state index is -3.65.